The molecule has 1 heterocycles. The number of hydrogen-bond donors (Lipinski definition) is 3. The van der Waals surface area contributed by atoms with Gasteiger partial charge in [0.2, 0.25) is 11.8 Å². The summed E-state index contributed by atoms with van der Waals surface area (Å²) in [5.74, 6) is -0.284. The maximum Gasteiger partial charge on any atom is 0.316 e. The van der Waals surface area contributed by atoms with Crippen molar-refractivity contribution < 1.29 is 14.4 Å². The molecule has 0 radical (unpaired) electrons. The summed E-state index contributed by atoms with van der Waals surface area (Å²) < 4.78 is 0. The van der Waals surface area contributed by atoms with Crippen molar-refractivity contribution in [3.63, 3.8) is 0 Å². The van der Waals surface area contributed by atoms with Crippen LogP contribution in [-0.2, 0) is 16.0 Å². The fraction of sp³-hybridized carbons (Fsp3) is 0.250. The predicted molar refractivity (Wildman–Crippen MR) is 103 cm³/mol. The molecule has 0 aromatic heterocycles. The summed E-state index contributed by atoms with van der Waals surface area (Å²) in [5, 5.41) is 5.29. The topological polar surface area (TPSA) is 105 Å². The second-order valence-electron chi connectivity index (χ2n) is 6.47. The van der Waals surface area contributed by atoms with E-state index in [0.29, 0.717) is 24.3 Å². The fourth-order valence-corrected chi connectivity index (χ4v) is 3.25. The van der Waals surface area contributed by atoms with Gasteiger partial charge in [0.05, 0.1) is 6.42 Å². The summed E-state index contributed by atoms with van der Waals surface area (Å²) in [6.45, 7) is 0.576. The number of anilines is 2. The highest BCUT2D eigenvalue weighted by atomic mass is 16.2. The number of amides is 4. The van der Waals surface area contributed by atoms with Crippen LogP contribution in [0.4, 0.5) is 16.2 Å². The zero-order chi connectivity index (χ0) is 19.2. The van der Waals surface area contributed by atoms with E-state index in [4.69, 9.17) is 5.73 Å². The Morgan fingerprint density at radius 1 is 1.00 bits per heavy atom. The first-order valence-electron chi connectivity index (χ1n) is 8.84. The number of primary amides is 1. The van der Waals surface area contributed by atoms with E-state index in [9.17, 15) is 14.4 Å². The van der Waals surface area contributed by atoms with Gasteiger partial charge in [-0.2, -0.15) is 0 Å². The number of carbonyl (C=O) groups is 3. The number of benzene rings is 2. The smallest absolute Gasteiger partial charge is 0.316 e. The van der Waals surface area contributed by atoms with Crippen LogP contribution in [0.15, 0.2) is 54.6 Å². The Morgan fingerprint density at radius 2 is 1.70 bits per heavy atom. The molecule has 27 heavy (non-hydrogen) atoms. The number of nitrogens with one attached hydrogen (secondary N) is 2. The molecule has 1 unspecified atom stereocenters. The summed E-state index contributed by atoms with van der Waals surface area (Å²) in [6.07, 6.45) is 1.70. The third kappa shape index (κ3) is 4.84. The lowest BCUT2D eigenvalue weighted by Crippen LogP contribution is -2.43. The first-order valence-corrected chi connectivity index (χ1v) is 8.84. The Kier molecular flexibility index (Phi) is 5.71. The van der Waals surface area contributed by atoms with Gasteiger partial charge in [-0.3, -0.25) is 9.59 Å². The maximum atomic E-state index is 12.7. The quantitative estimate of drug-likeness (QED) is 0.756. The molecule has 3 rings (SSSR count). The molecule has 0 aliphatic carbocycles. The molecule has 4 amide bonds. The second-order valence-corrected chi connectivity index (χ2v) is 6.47. The largest absolute Gasteiger partial charge is 0.351 e. The molecule has 2 aromatic carbocycles. The van der Waals surface area contributed by atoms with Gasteiger partial charge in [0.1, 0.15) is 6.04 Å². The maximum absolute atomic E-state index is 12.7. The van der Waals surface area contributed by atoms with Gasteiger partial charge in [-0.05, 0) is 36.6 Å². The van der Waals surface area contributed by atoms with E-state index in [2.05, 4.69) is 10.6 Å². The van der Waals surface area contributed by atoms with Crippen LogP contribution in [0.1, 0.15) is 18.4 Å². The van der Waals surface area contributed by atoms with Crippen LogP contribution in [0.5, 0.6) is 0 Å². The van der Waals surface area contributed by atoms with E-state index in [0.717, 1.165) is 12.0 Å². The number of nitrogens with zero attached hydrogens (tertiary/aromatic N) is 1. The molecule has 1 aliphatic heterocycles. The SMILES string of the molecule is NC(=O)Nc1cccc(NC(=O)C2CCCN2C(=O)Cc2ccccc2)c1. The van der Waals surface area contributed by atoms with Crippen LogP contribution in [0.3, 0.4) is 0 Å². The summed E-state index contributed by atoms with van der Waals surface area (Å²) in [4.78, 5) is 37.9. The van der Waals surface area contributed by atoms with Crippen LogP contribution in [-0.4, -0.2) is 35.3 Å². The van der Waals surface area contributed by atoms with Crippen molar-refractivity contribution in [2.45, 2.75) is 25.3 Å². The summed E-state index contributed by atoms with van der Waals surface area (Å²) in [5.41, 5.74) is 7.06. The monoisotopic (exact) mass is 366 g/mol. The Hall–Kier alpha value is -3.35. The first-order chi connectivity index (χ1) is 13.0. The molecule has 2 aromatic rings. The van der Waals surface area contributed by atoms with Gasteiger partial charge in [0, 0.05) is 17.9 Å². The molecule has 0 spiro atoms. The number of carbonyl (C=O) groups excluding carboxylic acids is 3. The highest BCUT2D eigenvalue weighted by molar-refractivity contribution is 5.98. The summed E-state index contributed by atoms with van der Waals surface area (Å²) in [6, 6.07) is 15.0. The van der Waals surface area contributed by atoms with E-state index in [1.807, 2.05) is 30.3 Å². The zero-order valence-electron chi connectivity index (χ0n) is 14.9. The van der Waals surface area contributed by atoms with Crippen molar-refractivity contribution in [1.29, 1.82) is 0 Å². The lowest BCUT2D eigenvalue weighted by molar-refractivity contribution is -0.136. The number of nitrogens with two attached hydrogens (primary N) is 1. The minimum Gasteiger partial charge on any atom is -0.351 e. The van der Waals surface area contributed by atoms with Gasteiger partial charge in [0.25, 0.3) is 0 Å². The molecule has 0 saturated carbocycles. The van der Waals surface area contributed by atoms with Gasteiger partial charge in [-0.25, -0.2) is 4.79 Å². The molecule has 7 heteroatoms. The average Bonchev–Trinajstić information content (AvgIpc) is 3.12. The van der Waals surface area contributed by atoms with Crippen molar-refractivity contribution in [1.82, 2.24) is 4.90 Å². The van der Waals surface area contributed by atoms with E-state index >= 15 is 0 Å². The lowest BCUT2D eigenvalue weighted by atomic mass is 10.1. The Morgan fingerprint density at radius 3 is 2.41 bits per heavy atom. The third-order valence-corrected chi connectivity index (χ3v) is 4.47. The van der Waals surface area contributed by atoms with Gasteiger partial charge in [-0.1, -0.05) is 36.4 Å². The van der Waals surface area contributed by atoms with Crippen LogP contribution in [0.2, 0.25) is 0 Å². The Bertz CT molecular complexity index is 838. The minimum absolute atomic E-state index is 0.0528. The van der Waals surface area contributed by atoms with Gasteiger partial charge in [-0.15, -0.1) is 0 Å². The van der Waals surface area contributed by atoms with Gasteiger partial charge < -0.3 is 21.3 Å². The Labute approximate surface area is 157 Å². The van der Waals surface area contributed by atoms with Crippen molar-refractivity contribution in [3.8, 4) is 0 Å². The molecule has 1 atom stereocenters. The summed E-state index contributed by atoms with van der Waals surface area (Å²) in [7, 11) is 0. The van der Waals surface area contributed by atoms with E-state index in [-0.39, 0.29) is 18.2 Å². The van der Waals surface area contributed by atoms with E-state index < -0.39 is 12.1 Å². The first kappa shape index (κ1) is 18.4. The number of likely N-dealkylation sites (tertiary alicyclic amines) is 1. The normalized spacial score (nSPS) is 16.0. The van der Waals surface area contributed by atoms with Crippen LogP contribution in [0, 0.1) is 0 Å². The summed E-state index contributed by atoms with van der Waals surface area (Å²) >= 11 is 0. The molecular weight excluding hydrogens is 344 g/mol. The van der Waals surface area contributed by atoms with Gasteiger partial charge in [0.15, 0.2) is 0 Å². The van der Waals surface area contributed by atoms with Crippen LogP contribution < -0.4 is 16.4 Å². The van der Waals surface area contributed by atoms with E-state index in [1.165, 1.54) is 0 Å². The van der Waals surface area contributed by atoms with Crippen molar-refractivity contribution in [2.75, 3.05) is 17.2 Å². The molecule has 1 saturated heterocycles. The van der Waals surface area contributed by atoms with Crippen molar-refractivity contribution in [2.24, 2.45) is 5.73 Å². The van der Waals surface area contributed by atoms with E-state index in [1.54, 1.807) is 29.2 Å². The standard InChI is InChI=1S/C20H22N4O3/c21-20(27)23-16-9-4-8-15(13-16)22-19(26)17-10-5-11-24(17)18(25)12-14-6-2-1-3-7-14/h1-4,6-9,13,17H,5,10-12H2,(H,22,26)(H3,21,23,27). The van der Waals surface area contributed by atoms with Crippen molar-refractivity contribution >= 4 is 29.2 Å². The van der Waals surface area contributed by atoms with Crippen LogP contribution >= 0.6 is 0 Å². The fourth-order valence-electron chi connectivity index (χ4n) is 3.25. The molecule has 1 aliphatic rings. The molecular formula is C20H22N4O3. The molecule has 1 fully saturated rings. The minimum atomic E-state index is -0.674. The average molecular weight is 366 g/mol. The highest BCUT2D eigenvalue weighted by Crippen LogP contribution is 2.22. The lowest BCUT2D eigenvalue weighted by Gasteiger charge is -2.24. The van der Waals surface area contributed by atoms with Crippen molar-refractivity contribution in [3.05, 3.63) is 60.2 Å². The number of rotatable bonds is 5. The van der Waals surface area contributed by atoms with Crippen LogP contribution in [0.25, 0.3) is 0 Å². The van der Waals surface area contributed by atoms with Gasteiger partial charge >= 0.3 is 6.03 Å². The highest BCUT2D eigenvalue weighted by Gasteiger charge is 2.33. The molecule has 7 nitrogen and oxygen atoms in total. The molecule has 4 N–H and O–H groups in total. The molecule has 140 valence electrons. The third-order valence-electron chi connectivity index (χ3n) is 4.47. The Balaban J connectivity index is 1.65. The number of hydrogen-bond acceptors (Lipinski definition) is 3. The number of urea groups is 1. The predicted octanol–water partition coefficient (Wildman–Crippen LogP) is 2.35. The molecule has 0 bridgehead atoms. The second kappa shape index (κ2) is 8.35. The zero-order valence-corrected chi connectivity index (χ0v) is 14.9.